The summed E-state index contributed by atoms with van der Waals surface area (Å²) in [7, 11) is 0. The summed E-state index contributed by atoms with van der Waals surface area (Å²) in [5.74, 6) is 0.886. The van der Waals surface area contributed by atoms with Crippen molar-refractivity contribution in [2.45, 2.75) is 33.4 Å². The zero-order valence-electron chi connectivity index (χ0n) is 10.7. The van der Waals surface area contributed by atoms with E-state index in [9.17, 15) is 0 Å². The Morgan fingerprint density at radius 3 is 2.76 bits per heavy atom. The molecule has 0 saturated carbocycles. The monoisotopic (exact) mass is 297 g/mol. The summed E-state index contributed by atoms with van der Waals surface area (Å²) in [6, 6.07) is 6.69. The van der Waals surface area contributed by atoms with Gasteiger partial charge in [-0.05, 0) is 40.5 Å². The molecule has 0 fully saturated rings. The summed E-state index contributed by atoms with van der Waals surface area (Å²) in [4.78, 5) is 0. The van der Waals surface area contributed by atoms with Gasteiger partial charge in [0.1, 0.15) is 12.4 Å². The maximum atomic E-state index is 5.60. The molecule has 0 bridgehead atoms. The van der Waals surface area contributed by atoms with E-state index >= 15 is 0 Å². The summed E-state index contributed by atoms with van der Waals surface area (Å²) in [5, 5.41) is 3.39. The third kappa shape index (κ3) is 5.37. The van der Waals surface area contributed by atoms with Gasteiger partial charge in [0.15, 0.2) is 0 Å². The number of benzene rings is 1. The van der Waals surface area contributed by atoms with Crippen LogP contribution in [0.25, 0.3) is 0 Å². The molecule has 0 aliphatic carbocycles. The van der Waals surface area contributed by atoms with E-state index < -0.39 is 0 Å². The van der Waals surface area contributed by atoms with E-state index in [-0.39, 0.29) is 0 Å². The van der Waals surface area contributed by atoms with Gasteiger partial charge < -0.3 is 10.1 Å². The van der Waals surface area contributed by atoms with E-state index in [1.165, 1.54) is 5.56 Å². The van der Waals surface area contributed by atoms with Crippen LogP contribution in [0.1, 0.15) is 26.3 Å². The lowest BCUT2D eigenvalue weighted by molar-refractivity contribution is 0.360. The van der Waals surface area contributed by atoms with Crippen LogP contribution in [0, 0.1) is 0 Å². The van der Waals surface area contributed by atoms with Crippen LogP contribution in [-0.2, 0) is 6.54 Å². The highest BCUT2D eigenvalue weighted by Gasteiger charge is 2.02. The van der Waals surface area contributed by atoms with Crippen molar-refractivity contribution < 1.29 is 4.74 Å². The molecule has 0 aliphatic rings. The Morgan fingerprint density at radius 2 is 2.18 bits per heavy atom. The molecule has 0 amide bonds. The van der Waals surface area contributed by atoms with Crippen molar-refractivity contribution in [1.29, 1.82) is 0 Å². The standard InChI is InChI=1S/C14H20BrNO/c1-4-5-8-17-14-7-6-12(9-13(14)15)10-16-11(2)3/h4-7,9,11,16H,8,10H2,1-3H3. The van der Waals surface area contributed by atoms with Gasteiger partial charge in [-0.2, -0.15) is 0 Å². The lowest BCUT2D eigenvalue weighted by atomic mass is 10.2. The molecule has 0 aromatic heterocycles. The third-order valence-electron chi connectivity index (χ3n) is 2.28. The molecule has 94 valence electrons. The summed E-state index contributed by atoms with van der Waals surface area (Å²) >= 11 is 3.53. The maximum Gasteiger partial charge on any atom is 0.133 e. The van der Waals surface area contributed by atoms with Crippen LogP contribution >= 0.6 is 15.9 Å². The molecular weight excluding hydrogens is 278 g/mol. The molecule has 2 nitrogen and oxygen atoms in total. The predicted molar refractivity (Wildman–Crippen MR) is 76.4 cm³/mol. The topological polar surface area (TPSA) is 21.3 Å². The average molecular weight is 298 g/mol. The molecule has 0 heterocycles. The Morgan fingerprint density at radius 1 is 1.41 bits per heavy atom. The minimum atomic E-state index is 0.499. The largest absolute Gasteiger partial charge is 0.488 e. The minimum Gasteiger partial charge on any atom is -0.488 e. The van der Waals surface area contributed by atoms with E-state index in [1.54, 1.807) is 0 Å². The first-order valence-corrected chi connectivity index (χ1v) is 6.68. The maximum absolute atomic E-state index is 5.60. The van der Waals surface area contributed by atoms with Gasteiger partial charge in [-0.15, -0.1) is 0 Å². The van der Waals surface area contributed by atoms with E-state index in [0.717, 1.165) is 16.8 Å². The molecule has 0 atom stereocenters. The molecule has 1 rings (SSSR count). The second-order valence-electron chi connectivity index (χ2n) is 4.18. The Bertz CT molecular complexity index is 374. The van der Waals surface area contributed by atoms with Gasteiger partial charge in [0.2, 0.25) is 0 Å². The van der Waals surface area contributed by atoms with Gasteiger partial charge in [-0.1, -0.05) is 32.1 Å². The SMILES string of the molecule is CC=CCOc1ccc(CNC(C)C)cc1Br. The highest BCUT2D eigenvalue weighted by molar-refractivity contribution is 9.10. The Labute approximate surface area is 112 Å². The normalized spacial score (nSPS) is 11.4. The molecule has 0 spiro atoms. The zero-order chi connectivity index (χ0) is 12.7. The quantitative estimate of drug-likeness (QED) is 0.804. The van der Waals surface area contributed by atoms with Crippen LogP contribution in [0.4, 0.5) is 0 Å². The van der Waals surface area contributed by atoms with Crippen molar-refractivity contribution >= 4 is 15.9 Å². The van der Waals surface area contributed by atoms with Gasteiger partial charge in [0.25, 0.3) is 0 Å². The van der Waals surface area contributed by atoms with Crippen molar-refractivity contribution in [2.75, 3.05) is 6.61 Å². The Kier molecular flexibility index (Phi) is 6.30. The van der Waals surface area contributed by atoms with Crippen LogP contribution in [0.15, 0.2) is 34.8 Å². The average Bonchev–Trinajstić information content (AvgIpc) is 2.29. The molecule has 0 radical (unpaired) electrons. The van der Waals surface area contributed by atoms with E-state index in [2.05, 4.69) is 47.2 Å². The van der Waals surface area contributed by atoms with Crippen molar-refractivity contribution in [1.82, 2.24) is 5.32 Å². The number of hydrogen-bond donors (Lipinski definition) is 1. The summed E-state index contributed by atoms with van der Waals surface area (Å²) in [5.41, 5.74) is 1.25. The first kappa shape index (κ1) is 14.3. The van der Waals surface area contributed by atoms with E-state index in [4.69, 9.17) is 4.74 Å². The predicted octanol–water partition coefficient (Wildman–Crippen LogP) is 3.90. The zero-order valence-corrected chi connectivity index (χ0v) is 12.3. The fourth-order valence-electron chi connectivity index (χ4n) is 1.33. The van der Waals surface area contributed by atoms with Crippen molar-refractivity contribution in [3.05, 3.63) is 40.4 Å². The molecule has 0 saturated heterocycles. The molecular formula is C14H20BrNO. The van der Waals surface area contributed by atoms with E-state index in [0.29, 0.717) is 12.6 Å². The van der Waals surface area contributed by atoms with Gasteiger partial charge in [-0.3, -0.25) is 0 Å². The van der Waals surface area contributed by atoms with E-state index in [1.807, 2.05) is 25.1 Å². The first-order chi connectivity index (χ1) is 8.13. The van der Waals surface area contributed by atoms with Gasteiger partial charge >= 0.3 is 0 Å². The highest BCUT2D eigenvalue weighted by Crippen LogP contribution is 2.26. The van der Waals surface area contributed by atoms with Crippen LogP contribution in [-0.4, -0.2) is 12.6 Å². The van der Waals surface area contributed by atoms with Gasteiger partial charge in [0, 0.05) is 12.6 Å². The lowest BCUT2D eigenvalue weighted by Gasteiger charge is -2.10. The molecule has 1 N–H and O–H groups in total. The van der Waals surface area contributed by atoms with Crippen LogP contribution in [0.5, 0.6) is 5.75 Å². The highest BCUT2D eigenvalue weighted by atomic mass is 79.9. The molecule has 0 unspecified atom stereocenters. The summed E-state index contributed by atoms with van der Waals surface area (Å²) in [6.45, 7) is 7.76. The Hall–Kier alpha value is -0.800. The molecule has 0 aliphatic heterocycles. The van der Waals surface area contributed by atoms with Crippen LogP contribution < -0.4 is 10.1 Å². The van der Waals surface area contributed by atoms with Crippen molar-refractivity contribution in [3.8, 4) is 5.75 Å². The molecule has 1 aromatic rings. The van der Waals surface area contributed by atoms with Crippen LogP contribution in [0.3, 0.4) is 0 Å². The molecule has 3 heteroatoms. The number of nitrogens with one attached hydrogen (secondary N) is 1. The van der Waals surface area contributed by atoms with Crippen molar-refractivity contribution in [3.63, 3.8) is 0 Å². The molecule has 17 heavy (non-hydrogen) atoms. The Balaban J connectivity index is 2.59. The van der Waals surface area contributed by atoms with Gasteiger partial charge in [-0.25, -0.2) is 0 Å². The number of rotatable bonds is 6. The number of allylic oxidation sites excluding steroid dienone is 1. The lowest BCUT2D eigenvalue weighted by Crippen LogP contribution is -2.21. The summed E-state index contributed by atoms with van der Waals surface area (Å²) in [6.07, 6.45) is 3.97. The number of hydrogen-bond acceptors (Lipinski definition) is 2. The first-order valence-electron chi connectivity index (χ1n) is 5.89. The summed E-state index contributed by atoms with van der Waals surface area (Å²) < 4.78 is 6.61. The second-order valence-corrected chi connectivity index (χ2v) is 5.03. The van der Waals surface area contributed by atoms with Crippen LogP contribution in [0.2, 0.25) is 0 Å². The minimum absolute atomic E-state index is 0.499. The van der Waals surface area contributed by atoms with Crippen molar-refractivity contribution in [2.24, 2.45) is 0 Å². The fourth-order valence-corrected chi connectivity index (χ4v) is 1.87. The van der Waals surface area contributed by atoms with Gasteiger partial charge in [0.05, 0.1) is 4.47 Å². The third-order valence-corrected chi connectivity index (χ3v) is 2.90. The fraction of sp³-hybridized carbons (Fsp3) is 0.429. The second kappa shape index (κ2) is 7.51. The molecule has 1 aromatic carbocycles. The number of ether oxygens (including phenoxy) is 1. The number of halogens is 1. The smallest absolute Gasteiger partial charge is 0.133 e.